The van der Waals surface area contributed by atoms with Gasteiger partial charge in [0.15, 0.2) is 0 Å². The Morgan fingerprint density at radius 2 is 1.76 bits per heavy atom. The van der Waals surface area contributed by atoms with Gasteiger partial charge in [-0.3, -0.25) is 10.1 Å². The lowest BCUT2D eigenvalue weighted by atomic mass is 10.0. The Kier molecular flexibility index (Phi) is 6.20. The number of alkyl halides is 3. The average Bonchev–Trinajstić information content (AvgIpc) is 2.43. The van der Waals surface area contributed by atoms with E-state index in [0.717, 1.165) is 18.6 Å². The number of rotatable bonds is 6. The maximum Gasteiger partial charge on any atom is 0.416 e. The largest absolute Gasteiger partial charge is 0.416 e. The van der Waals surface area contributed by atoms with Gasteiger partial charge in [-0.15, -0.1) is 0 Å². The van der Waals surface area contributed by atoms with E-state index in [1.165, 1.54) is 12.1 Å². The van der Waals surface area contributed by atoms with Gasteiger partial charge in [0.1, 0.15) is 0 Å². The zero-order valence-electron chi connectivity index (χ0n) is 12.4. The highest BCUT2D eigenvalue weighted by Crippen LogP contribution is 2.29. The number of benzene rings is 1. The minimum Gasteiger partial charge on any atom is -0.355 e. The lowest BCUT2D eigenvalue weighted by Gasteiger charge is -2.20. The summed E-state index contributed by atoms with van der Waals surface area (Å²) in [5.41, 5.74) is 0.0327. The number of hydrogen-bond acceptors (Lipinski definition) is 2. The number of nitrogens with one attached hydrogen (secondary N) is 2. The molecule has 1 aromatic carbocycles. The first-order valence-corrected chi connectivity index (χ1v) is 6.96. The quantitative estimate of drug-likeness (QED) is 0.847. The van der Waals surface area contributed by atoms with E-state index in [-0.39, 0.29) is 11.9 Å². The first kappa shape index (κ1) is 17.5. The topological polar surface area (TPSA) is 41.1 Å². The van der Waals surface area contributed by atoms with Crippen LogP contribution in [0.15, 0.2) is 24.3 Å². The zero-order chi connectivity index (χ0) is 16.0. The van der Waals surface area contributed by atoms with Gasteiger partial charge >= 0.3 is 6.18 Å². The molecule has 0 spiro atoms. The standard InChI is InChI=1S/C15H21F3N2O/c1-4-9-19-14(21)11(3)20-10(2)12-5-7-13(8-6-12)15(16,17)18/h5-8,10-11,20H,4,9H2,1-3H3,(H,19,21). The molecule has 0 aliphatic carbocycles. The molecule has 0 heterocycles. The highest BCUT2D eigenvalue weighted by molar-refractivity contribution is 5.81. The summed E-state index contributed by atoms with van der Waals surface area (Å²) in [6, 6.07) is 4.34. The van der Waals surface area contributed by atoms with E-state index in [4.69, 9.17) is 0 Å². The zero-order valence-corrected chi connectivity index (χ0v) is 12.4. The summed E-state index contributed by atoms with van der Waals surface area (Å²) < 4.78 is 37.5. The van der Waals surface area contributed by atoms with Crippen LogP contribution in [-0.2, 0) is 11.0 Å². The van der Waals surface area contributed by atoms with E-state index < -0.39 is 17.8 Å². The van der Waals surface area contributed by atoms with Crippen LogP contribution in [0.1, 0.15) is 44.4 Å². The number of carbonyl (C=O) groups is 1. The third-order valence-corrected chi connectivity index (χ3v) is 3.18. The smallest absolute Gasteiger partial charge is 0.355 e. The third-order valence-electron chi connectivity index (χ3n) is 3.18. The van der Waals surface area contributed by atoms with Gasteiger partial charge in [-0.1, -0.05) is 19.1 Å². The van der Waals surface area contributed by atoms with Gasteiger partial charge in [-0.2, -0.15) is 13.2 Å². The van der Waals surface area contributed by atoms with E-state index in [1.807, 2.05) is 13.8 Å². The normalized spacial score (nSPS) is 14.6. The molecule has 0 saturated heterocycles. The van der Waals surface area contributed by atoms with Crippen molar-refractivity contribution in [1.29, 1.82) is 0 Å². The van der Waals surface area contributed by atoms with Crippen LogP contribution in [-0.4, -0.2) is 18.5 Å². The van der Waals surface area contributed by atoms with Crippen molar-refractivity contribution in [2.45, 2.75) is 45.5 Å². The van der Waals surface area contributed by atoms with Crippen molar-refractivity contribution < 1.29 is 18.0 Å². The van der Waals surface area contributed by atoms with Crippen LogP contribution in [0, 0.1) is 0 Å². The Labute approximate surface area is 122 Å². The highest BCUT2D eigenvalue weighted by Gasteiger charge is 2.30. The molecule has 1 rings (SSSR count). The minimum absolute atomic E-state index is 0.115. The summed E-state index contributed by atoms with van der Waals surface area (Å²) in [6.07, 6.45) is -3.48. The number of halogens is 3. The van der Waals surface area contributed by atoms with Crippen LogP contribution in [0.5, 0.6) is 0 Å². The fourth-order valence-corrected chi connectivity index (χ4v) is 1.91. The SMILES string of the molecule is CCCNC(=O)C(C)NC(C)c1ccc(C(F)(F)F)cc1. The van der Waals surface area contributed by atoms with E-state index in [0.29, 0.717) is 12.1 Å². The van der Waals surface area contributed by atoms with Crippen molar-refractivity contribution in [3.63, 3.8) is 0 Å². The lowest BCUT2D eigenvalue weighted by molar-refractivity contribution is -0.137. The first-order valence-electron chi connectivity index (χ1n) is 6.96. The van der Waals surface area contributed by atoms with Crippen LogP contribution in [0.4, 0.5) is 13.2 Å². The van der Waals surface area contributed by atoms with E-state index in [2.05, 4.69) is 10.6 Å². The Bertz CT molecular complexity index is 457. The summed E-state index contributed by atoms with van der Waals surface area (Å²) in [6.45, 7) is 6.11. The molecule has 2 atom stereocenters. The van der Waals surface area contributed by atoms with E-state index >= 15 is 0 Å². The molecule has 2 unspecified atom stereocenters. The number of hydrogen-bond donors (Lipinski definition) is 2. The fourth-order valence-electron chi connectivity index (χ4n) is 1.91. The molecule has 1 aromatic rings. The van der Waals surface area contributed by atoms with Gasteiger partial charge in [-0.25, -0.2) is 0 Å². The Balaban J connectivity index is 2.63. The van der Waals surface area contributed by atoms with Gasteiger partial charge < -0.3 is 5.32 Å². The molecule has 0 bridgehead atoms. The van der Waals surface area contributed by atoms with Crippen LogP contribution < -0.4 is 10.6 Å². The van der Waals surface area contributed by atoms with Crippen molar-refractivity contribution in [3.05, 3.63) is 35.4 Å². The molecule has 118 valence electrons. The highest BCUT2D eigenvalue weighted by atomic mass is 19.4. The van der Waals surface area contributed by atoms with Crippen molar-refractivity contribution in [1.82, 2.24) is 10.6 Å². The molecule has 6 heteroatoms. The van der Waals surface area contributed by atoms with Crippen LogP contribution >= 0.6 is 0 Å². The van der Waals surface area contributed by atoms with Crippen LogP contribution in [0.25, 0.3) is 0 Å². The lowest BCUT2D eigenvalue weighted by Crippen LogP contribution is -2.43. The Morgan fingerprint density at radius 1 is 1.19 bits per heavy atom. The molecule has 0 fully saturated rings. The summed E-state index contributed by atoms with van der Waals surface area (Å²) in [7, 11) is 0. The molecule has 0 aliphatic heterocycles. The maximum atomic E-state index is 12.5. The molecule has 0 aromatic heterocycles. The molecule has 21 heavy (non-hydrogen) atoms. The van der Waals surface area contributed by atoms with Gasteiger partial charge in [0.05, 0.1) is 11.6 Å². The Hall–Kier alpha value is -1.56. The second-order valence-corrected chi connectivity index (χ2v) is 5.02. The van der Waals surface area contributed by atoms with E-state index in [1.54, 1.807) is 6.92 Å². The number of carbonyl (C=O) groups excluding carboxylic acids is 1. The van der Waals surface area contributed by atoms with Gasteiger partial charge in [0.2, 0.25) is 5.91 Å². The molecular weight excluding hydrogens is 281 g/mol. The molecule has 1 amide bonds. The maximum absolute atomic E-state index is 12.5. The molecular formula is C15H21F3N2O. The van der Waals surface area contributed by atoms with Gasteiger partial charge in [-0.05, 0) is 38.0 Å². The summed E-state index contributed by atoms with van der Waals surface area (Å²) in [5, 5.41) is 5.84. The predicted molar refractivity (Wildman–Crippen MR) is 75.8 cm³/mol. The van der Waals surface area contributed by atoms with E-state index in [9.17, 15) is 18.0 Å². The van der Waals surface area contributed by atoms with Crippen molar-refractivity contribution in [3.8, 4) is 0 Å². The molecule has 2 N–H and O–H groups in total. The van der Waals surface area contributed by atoms with Gasteiger partial charge in [0, 0.05) is 12.6 Å². The molecule has 0 radical (unpaired) electrons. The van der Waals surface area contributed by atoms with Crippen LogP contribution in [0.3, 0.4) is 0 Å². The Morgan fingerprint density at radius 3 is 2.24 bits per heavy atom. The molecule has 0 saturated carbocycles. The van der Waals surface area contributed by atoms with Crippen LogP contribution in [0.2, 0.25) is 0 Å². The number of amides is 1. The van der Waals surface area contributed by atoms with Crippen molar-refractivity contribution in [2.75, 3.05) is 6.54 Å². The third kappa shape index (κ3) is 5.38. The predicted octanol–water partition coefficient (Wildman–Crippen LogP) is 3.27. The van der Waals surface area contributed by atoms with Crippen molar-refractivity contribution in [2.24, 2.45) is 0 Å². The second kappa shape index (κ2) is 7.45. The fraction of sp³-hybridized carbons (Fsp3) is 0.533. The molecule has 3 nitrogen and oxygen atoms in total. The average molecular weight is 302 g/mol. The summed E-state index contributed by atoms with van der Waals surface area (Å²) in [5.74, 6) is -0.115. The first-order chi connectivity index (χ1) is 9.75. The monoisotopic (exact) mass is 302 g/mol. The molecule has 0 aliphatic rings. The summed E-state index contributed by atoms with van der Waals surface area (Å²) >= 11 is 0. The van der Waals surface area contributed by atoms with Crippen molar-refractivity contribution >= 4 is 5.91 Å². The minimum atomic E-state index is -4.33. The summed E-state index contributed by atoms with van der Waals surface area (Å²) in [4.78, 5) is 11.7. The van der Waals surface area contributed by atoms with Gasteiger partial charge in [0.25, 0.3) is 0 Å². The second-order valence-electron chi connectivity index (χ2n) is 5.02.